The summed E-state index contributed by atoms with van der Waals surface area (Å²) in [6.07, 6.45) is -2.80. The van der Waals surface area contributed by atoms with Crippen LogP contribution in [0.15, 0.2) is 30.3 Å². The number of rotatable bonds is 8. The minimum Gasteiger partial charge on any atom is -0.378 e. The van der Waals surface area contributed by atoms with E-state index in [-0.39, 0.29) is 17.7 Å². The van der Waals surface area contributed by atoms with Crippen LogP contribution in [-0.2, 0) is 9.53 Å². The fourth-order valence-electron chi connectivity index (χ4n) is 4.05. The normalized spacial score (nSPS) is 15.1. The van der Waals surface area contributed by atoms with Gasteiger partial charge in [-0.15, -0.1) is 0 Å². The number of morpholine rings is 1. The largest absolute Gasteiger partial charge is 0.378 e. The summed E-state index contributed by atoms with van der Waals surface area (Å²) in [5.74, 6) is 0.520. The zero-order valence-corrected chi connectivity index (χ0v) is 19.5. The summed E-state index contributed by atoms with van der Waals surface area (Å²) < 4.78 is 34.7. The van der Waals surface area contributed by atoms with Crippen molar-refractivity contribution in [1.29, 1.82) is 0 Å². The van der Waals surface area contributed by atoms with Crippen LogP contribution in [-0.4, -0.2) is 75.8 Å². The molecule has 1 N–H and O–H groups in total. The molecule has 2 aromatic heterocycles. The van der Waals surface area contributed by atoms with Crippen LogP contribution in [0.2, 0.25) is 0 Å². The molecule has 0 saturated carbocycles. The number of anilines is 2. The Morgan fingerprint density at radius 2 is 1.79 bits per heavy atom. The monoisotopic (exact) mass is 473 g/mol. The van der Waals surface area contributed by atoms with Crippen LogP contribution in [0.5, 0.6) is 0 Å². The Balaban J connectivity index is 1.80. The van der Waals surface area contributed by atoms with Crippen molar-refractivity contribution in [1.82, 2.24) is 24.4 Å². The van der Waals surface area contributed by atoms with E-state index < -0.39 is 18.3 Å². The number of nitrogens with zero attached hydrogens (tertiary/aromatic N) is 6. The summed E-state index contributed by atoms with van der Waals surface area (Å²) in [7, 11) is 0. The number of imidazole rings is 1. The van der Waals surface area contributed by atoms with Gasteiger partial charge in [0.25, 0.3) is 6.43 Å². The first kappa shape index (κ1) is 23.8. The molecular weight excluding hydrogens is 444 g/mol. The summed E-state index contributed by atoms with van der Waals surface area (Å²) in [6.45, 7) is 9.02. The summed E-state index contributed by atoms with van der Waals surface area (Å²) >= 11 is 0. The van der Waals surface area contributed by atoms with E-state index in [1.54, 1.807) is 42.2 Å². The predicted molar refractivity (Wildman–Crippen MR) is 126 cm³/mol. The number of nitrogens with one attached hydrogen (secondary N) is 1. The first-order chi connectivity index (χ1) is 16.4. The molecule has 1 aliphatic heterocycles. The van der Waals surface area contributed by atoms with Crippen LogP contribution in [0.4, 0.5) is 20.5 Å². The highest BCUT2D eigenvalue weighted by atomic mass is 19.3. The number of carbonyl (C=O) groups excluding carboxylic acids is 1. The topological polar surface area (TPSA) is 88.4 Å². The fourth-order valence-corrected chi connectivity index (χ4v) is 4.05. The van der Waals surface area contributed by atoms with Gasteiger partial charge < -0.3 is 19.9 Å². The third kappa shape index (κ3) is 4.79. The van der Waals surface area contributed by atoms with Gasteiger partial charge in [-0.1, -0.05) is 12.1 Å². The van der Waals surface area contributed by atoms with Crippen molar-refractivity contribution in [2.24, 2.45) is 0 Å². The number of aromatic nitrogens is 4. The molecular formula is C23H29F2N7O2. The molecule has 3 aromatic rings. The lowest BCUT2D eigenvalue weighted by molar-refractivity contribution is -0.131. The van der Waals surface area contributed by atoms with E-state index in [4.69, 9.17) is 4.74 Å². The molecule has 11 heteroatoms. The van der Waals surface area contributed by atoms with E-state index in [1.165, 1.54) is 4.57 Å². The number of fused-ring (bicyclic) bond motifs is 1. The van der Waals surface area contributed by atoms with Gasteiger partial charge in [-0.3, -0.25) is 9.36 Å². The Morgan fingerprint density at radius 3 is 2.47 bits per heavy atom. The number of ether oxygens (including phenoxy) is 1. The van der Waals surface area contributed by atoms with Gasteiger partial charge in [0, 0.05) is 32.2 Å². The zero-order chi connectivity index (χ0) is 24.2. The molecule has 0 radical (unpaired) electrons. The van der Waals surface area contributed by atoms with Crippen molar-refractivity contribution in [2.75, 3.05) is 49.6 Å². The molecule has 1 aliphatic rings. The molecule has 0 spiro atoms. The lowest BCUT2D eigenvalue weighted by Crippen LogP contribution is -2.41. The number of halogens is 2. The molecule has 1 atom stereocenters. The van der Waals surface area contributed by atoms with Crippen molar-refractivity contribution in [2.45, 2.75) is 33.2 Å². The molecule has 1 saturated heterocycles. The molecule has 0 bridgehead atoms. The highest BCUT2D eigenvalue weighted by Crippen LogP contribution is 2.29. The Morgan fingerprint density at radius 1 is 1.12 bits per heavy atom. The standard InChI is InChI=1S/C23H29F2N7O2/c1-4-30(5-2)22(33)15(3)26-23-28-18(31-10-12-34-13-11-31)14-19(29-23)32-17-9-7-6-8-16(17)27-21(32)20(24)25/h6-9,14-15,20H,4-5,10-13H2,1-3H3,(H,26,28,29). The Labute approximate surface area is 196 Å². The lowest BCUT2D eigenvalue weighted by atomic mass is 10.3. The summed E-state index contributed by atoms with van der Waals surface area (Å²) in [6, 6.07) is 8.01. The van der Waals surface area contributed by atoms with Gasteiger partial charge in [0.15, 0.2) is 5.82 Å². The molecule has 1 amide bonds. The maximum Gasteiger partial charge on any atom is 0.296 e. The van der Waals surface area contributed by atoms with Gasteiger partial charge in [0.05, 0.1) is 24.2 Å². The number of benzene rings is 1. The molecule has 0 aliphatic carbocycles. The highest BCUT2D eigenvalue weighted by molar-refractivity contribution is 5.84. The number of carbonyl (C=O) groups is 1. The van der Waals surface area contributed by atoms with Gasteiger partial charge in [-0.05, 0) is 32.9 Å². The van der Waals surface area contributed by atoms with Crippen LogP contribution in [0.25, 0.3) is 16.9 Å². The predicted octanol–water partition coefficient (Wildman–Crippen LogP) is 3.26. The lowest BCUT2D eigenvalue weighted by Gasteiger charge is -2.29. The van der Waals surface area contributed by atoms with E-state index in [0.29, 0.717) is 56.2 Å². The molecule has 1 fully saturated rings. The van der Waals surface area contributed by atoms with E-state index in [1.807, 2.05) is 18.7 Å². The van der Waals surface area contributed by atoms with Crippen LogP contribution >= 0.6 is 0 Å². The van der Waals surface area contributed by atoms with Crippen molar-refractivity contribution < 1.29 is 18.3 Å². The second-order valence-electron chi connectivity index (χ2n) is 7.98. The fraction of sp³-hybridized carbons (Fsp3) is 0.478. The van der Waals surface area contributed by atoms with Gasteiger partial charge in [0.2, 0.25) is 11.9 Å². The summed E-state index contributed by atoms with van der Waals surface area (Å²) in [5.41, 5.74) is 0.964. The molecule has 9 nitrogen and oxygen atoms in total. The third-order valence-electron chi connectivity index (χ3n) is 5.84. The van der Waals surface area contributed by atoms with E-state index in [2.05, 4.69) is 20.3 Å². The van der Waals surface area contributed by atoms with Gasteiger partial charge in [-0.25, -0.2) is 13.8 Å². The SMILES string of the molecule is CCN(CC)C(=O)C(C)Nc1nc(N2CCOCC2)cc(-n2c(C(F)F)nc3ccccc32)n1. The quantitative estimate of drug-likeness (QED) is 0.537. The molecule has 34 heavy (non-hydrogen) atoms. The van der Waals surface area contributed by atoms with E-state index in [0.717, 1.165) is 0 Å². The average Bonchev–Trinajstić information content (AvgIpc) is 3.25. The van der Waals surface area contributed by atoms with Crippen LogP contribution in [0.3, 0.4) is 0 Å². The first-order valence-corrected chi connectivity index (χ1v) is 11.5. The Bertz CT molecular complexity index is 1140. The van der Waals surface area contributed by atoms with Crippen LogP contribution in [0, 0.1) is 0 Å². The highest BCUT2D eigenvalue weighted by Gasteiger charge is 2.25. The van der Waals surface area contributed by atoms with E-state index >= 15 is 0 Å². The van der Waals surface area contributed by atoms with Crippen LogP contribution in [0.1, 0.15) is 33.0 Å². The van der Waals surface area contributed by atoms with Crippen molar-refractivity contribution in [3.05, 3.63) is 36.2 Å². The maximum atomic E-state index is 14.0. The number of amides is 1. The van der Waals surface area contributed by atoms with Gasteiger partial charge >= 0.3 is 0 Å². The summed E-state index contributed by atoms with van der Waals surface area (Å²) in [5, 5.41) is 3.08. The number of para-hydroxylation sites is 2. The maximum absolute atomic E-state index is 14.0. The number of likely N-dealkylation sites (N-methyl/N-ethyl adjacent to an activating group) is 1. The molecule has 3 heterocycles. The number of hydrogen-bond donors (Lipinski definition) is 1. The smallest absolute Gasteiger partial charge is 0.296 e. The van der Waals surface area contributed by atoms with Crippen LogP contribution < -0.4 is 10.2 Å². The number of alkyl halides is 2. The number of hydrogen-bond acceptors (Lipinski definition) is 7. The molecule has 4 rings (SSSR count). The van der Waals surface area contributed by atoms with Crippen molar-refractivity contribution in [3.63, 3.8) is 0 Å². The van der Waals surface area contributed by atoms with Gasteiger partial charge in [0.1, 0.15) is 17.7 Å². The zero-order valence-electron chi connectivity index (χ0n) is 19.5. The van der Waals surface area contributed by atoms with E-state index in [9.17, 15) is 13.6 Å². The average molecular weight is 474 g/mol. The minimum absolute atomic E-state index is 0.0896. The Hall–Kier alpha value is -3.34. The van der Waals surface area contributed by atoms with Crippen molar-refractivity contribution in [3.8, 4) is 5.82 Å². The second kappa shape index (κ2) is 10.3. The second-order valence-corrected chi connectivity index (χ2v) is 7.98. The molecule has 1 unspecified atom stereocenters. The molecule has 182 valence electrons. The van der Waals surface area contributed by atoms with Gasteiger partial charge in [-0.2, -0.15) is 9.97 Å². The minimum atomic E-state index is -2.80. The summed E-state index contributed by atoms with van der Waals surface area (Å²) in [4.78, 5) is 29.8. The molecule has 1 aromatic carbocycles. The Kier molecular flexibility index (Phi) is 7.20. The first-order valence-electron chi connectivity index (χ1n) is 11.5. The third-order valence-corrected chi connectivity index (χ3v) is 5.84. The van der Waals surface area contributed by atoms with Crippen molar-refractivity contribution >= 4 is 28.7 Å².